The molecule has 0 spiro atoms. The minimum absolute atomic E-state index is 0.838. The molecule has 0 saturated carbocycles. The van der Waals surface area contributed by atoms with Crippen molar-refractivity contribution in [3.63, 3.8) is 0 Å². The number of nitrogen functional groups attached to an aromatic ring is 1. The summed E-state index contributed by atoms with van der Waals surface area (Å²) in [6, 6.07) is 24.9. The fourth-order valence-electron chi connectivity index (χ4n) is 2.44. The van der Waals surface area contributed by atoms with E-state index in [9.17, 15) is 0 Å². The maximum Gasteiger partial charge on any atom is 0.0452 e. The molecule has 3 aromatic rings. The van der Waals surface area contributed by atoms with E-state index in [1.54, 1.807) is 11.8 Å². The first-order valence-electron chi connectivity index (χ1n) is 8.90. The molecule has 0 aliphatic rings. The van der Waals surface area contributed by atoms with E-state index < -0.39 is 0 Å². The van der Waals surface area contributed by atoms with Gasteiger partial charge >= 0.3 is 0 Å². The van der Waals surface area contributed by atoms with E-state index >= 15 is 0 Å². The molecule has 140 valence electrons. The lowest BCUT2D eigenvalue weighted by atomic mass is 10.1. The molecular weight excluding hydrogens is 348 g/mol. The fraction of sp³-hybridized carbons (Fsp3) is 0.167. The predicted octanol–water partition coefficient (Wildman–Crippen LogP) is 6.22. The first-order valence-corrected chi connectivity index (χ1v) is 10.1. The highest BCUT2D eigenvalue weighted by atomic mass is 32.2. The van der Waals surface area contributed by atoms with Crippen LogP contribution in [0.5, 0.6) is 0 Å². The molecule has 3 rings (SSSR count). The number of nitrogens with two attached hydrogens (primary N) is 1. The summed E-state index contributed by atoms with van der Waals surface area (Å²) >= 11 is 1.67. The highest BCUT2D eigenvalue weighted by Crippen LogP contribution is 2.24. The van der Waals surface area contributed by atoms with Gasteiger partial charge in [0.1, 0.15) is 0 Å². The van der Waals surface area contributed by atoms with Crippen molar-refractivity contribution in [2.24, 2.45) is 0 Å². The number of benzene rings is 3. The summed E-state index contributed by atoms with van der Waals surface area (Å²) in [7, 11) is 4.09. The molecule has 0 saturated heterocycles. The number of thioether (sulfide) groups is 1. The lowest BCUT2D eigenvalue weighted by Crippen LogP contribution is -2.07. The monoisotopic (exact) mass is 376 g/mol. The summed E-state index contributed by atoms with van der Waals surface area (Å²) in [6.45, 7) is 2.08. The molecule has 0 radical (unpaired) electrons. The Morgan fingerprint density at radius 1 is 0.815 bits per heavy atom. The van der Waals surface area contributed by atoms with Gasteiger partial charge in [-0.25, -0.2) is 0 Å². The standard InChI is InChI=1S/C17H20N2S.C7H8/c1-19(2)15-9-6-13(7-10-15)4-5-14-8-11-16(18)17(12-14)20-3;1-7-5-3-2-4-6-7/h4-12H,18H2,1-3H3;2-6H,1H3/b5-4+;. The molecule has 3 aromatic carbocycles. The van der Waals surface area contributed by atoms with Crippen molar-refractivity contribution in [1.82, 2.24) is 0 Å². The third kappa shape index (κ3) is 6.87. The van der Waals surface area contributed by atoms with Crippen molar-refractivity contribution in [1.29, 1.82) is 0 Å². The topological polar surface area (TPSA) is 29.3 Å². The number of aryl methyl sites for hydroxylation is 1. The Morgan fingerprint density at radius 3 is 1.93 bits per heavy atom. The molecule has 0 heterocycles. The molecule has 0 aliphatic carbocycles. The number of anilines is 2. The molecule has 27 heavy (non-hydrogen) atoms. The van der Waals surface area contributed by atoms with Crippen LogP contribution in [0.15, 0.2) is 77.7 Å². The van der Waals surface area contributed by atoms with Crippen LogP contribution in [-0.4, -0.2) is 20.4 Å². The van der Waals surface area contributed by atoms with E-state index in [0.29, 0.717) is 0 Å². The van der Waals surface area contributed by atoms with Crippen LogP contribution in [-0.2, 0) is 0 Å². The van der Waals surface area contributed by atoms with Gasteiger partial charge in [-0.05, 0) is 48.6 Å². The number of hydrogen-bond acceptors (Lipinski definition) is 3. The zero-order valence-electron chi connectivity index (χ0n) is 16.5. The van der Waals surface area contributed by atoms with Crippen LogP contribution in [0.1, 0.15) is 16.7 Å². The SMILES string of the molecule is CSc1cc(/C=C/c2ccc(N(C)C)cc2)ccc1N.Cc1ccccc1. The third-order valence-corrected chi connectivity index (χ3v) is 4.87. The van der Waals surface area contributed by atoms with Crippen LogP contribution in [0.25, 0.3) is 12.2 Å². The largest absolute Gasteiger partial charge is 0.398 e. The van der Waals surface area contributed by atoms with Gasteiger partial charge in [0.25, 0.3) is 0 Å². The van der Waals surface area contributed by atoms with Crippen molar-refractivity contribution in [2.75, 3.05) is 31.0 Å². The van der Waals surface area contributed by atoms with Gasteiger partial charge in [0.2, 0.25) is 0 Å². The molecule has 0 amide bonds. The summed E-state index contributed by atoms with van der Waals surface area (Å²) in [5, 5.41) is 0. The number of hydrogen-bond donors (Lipinski definition) is 1. The van der Waals surface area contributed by atoms with E-state index in [2.05, 4.69) is 66.4 Å². The van der Waals surface area contributed by atoms with Crippen molar-refractivity contribution in [3.05, 3.63) is 89.5 Å². The van der Waals surface area contributed by atoms with Crippen LogP contribution < -0.4 is 10.6 Å². The Bertz CT molecular complexity index is 853. The molecule has 0 aliphatic heterocycles. The van der Waals surface area contributed by atoms with E-state index in [-0.39, 0.29) is 0 Å². The van der Waals surface area contributed by atoms with Gasteiger partial charge in [0.05, 0.1) is 0 Å². The van der Waals surface area contributed by atoms with Gasteiger partial charge < -0.3 is 10.6 Å². The highest BCUT2D eigenvalue weighted by molar-refractivity contribution is 7.98. The molecule has 0 unspecified atom stereocenters. The smallest absolute Gasteiger partial charge is 0.0452 e. The first-order chi connectivity index (χ1) is 13.0. The molecular formula is C24H28N2S. The normalized spacial score (nSPS) is 10.4. The molecule has 2 nitrogen and oxygen atoms in total. The number of nitrogens with zero attached hydrogens (tertiary/aromatic N) is 1. The third-order valence-electron chi connectivity index (χ3n) is 4.08. The van der Waals surface area contributed by atoms with Crippen LogP contribution in [0.4, 0.5) is 11.4 Å². The maximum absolute atomic E-state index is 5.90. The van der Waals surface area contributed by atoms with E-state index in [1.807, 2.05) is 50.7 Å². The minimum Gasteiger partial charge on any atom is -0.398 e. The summed E-state index contributed by atoms with van der Waals surface area (Å²) in [4.78, 5) is 3.22. The zero-order chi connectivity index (χ0) is 19.6. The zero-order valence-corrected chi connectivity index (χ0v) is 17.3. The van der Waals surface area contributed by atoms with Gasteiger partial charge in [0, 0.05) is 30.4 Å². The Kier molecular flexibility index (Phi) is 8.02. The van der Waals surface area contributed by atoms with Crippen LogP contribution >= 0.6 is 11.8 Å². The van der Waals surface area contributed by atoms with Gasteiger partial charge in [-0.1, -0.05) is 66.2 Å². The summed E-state index contributed by atoms with van der Waals surface area (Å²) < 4.78 is 0. The van der Waals surface area contributed by atoms with E-state index in [1.165, 1.54) is 22.4 Å². The highest BCUT2D eigenvalue weighted by Gasteiger charge is 1.98. The fourth-order valence-corrected chi connectivity index (χ4v) is 3.00. The Morgan fingerprint density at radius 2 is 1.41 bits per heavy atom. The second-order valence-corrected chi connectivity index (χ2v) is 7.32. The van der Waals surface area contributed by atoms with E-state index in [0.717, 1.165) is 10.6 Å². The summed E-state index contributed by atoms with van der Waals surface area (Å²) in [5.41, 5.74) is 11.6. The average molecular weight is 377 g/mol. The average Bonchev–Trinajstić information content (AvgIpc) is 2.69. The van der Waals surface area contributed by atoms with Gasteiger partial charge in [0.15, 0.2) is 0 Å². The van der Waals surface area contributed by atoms with Crippen LogP contribution in [0.3, 0.4) is 0 Å². The second-order valence-electron chi connectivity index (χ2n) is 6.48. The molecule has 0 aromatic heterocycles. The Labute approximate surface area is 167 Å². The first kappa shape index (κ1) is 20.7. The van der Waals surface area contributed by atoms with Gasteiger partial charge in [-0.3, -0.25) is 0 Å². The lowest BCUT2D eigenvalue weighted by molar-refractivity contribution is 1.13. The Balaban J connectivity index is 0.000000313. The quantitative estimate of drug-likeness (QED) is 0.333. The van der Waals surface area contributed by atoms with Crippen molar-refractivity contribution < 1.29 is 0 Å². The number of rotatable bonds is 4. The molecule has 2 N–H and O–H groups in total. The molecule has 0 fully saturated rings. The van der Waals surface area contributed by atoms with Gasteiger partial charge in [-0.15, -0.1) is 11.8 Å². The van der Waals surface area contributed by atoms with Gasteiger partial charge in [-0.2, -0.15) is 0 Å². The minimum atomic E-state index is 0.838. The van der Waals surface area contributed by atoms with Crippen molar-refractivity contribution in [3.8, 4) is 0 Å². The van der Waals surface area contributed by atoms with Crippen LogP contribution in [0.2, 0.25) is 0 Å². The Hall–Kier alpha value is -2.65. The van der Waals surface area contributed by atoms with Crippen molar-refractivity contribution >= 4 is 35.3 Å². The second kappa shape index (κ2) is 10.5. The molecule has 0 bridgehead atoms. The van der Waals surface area contributed by atoms with Crippen LogP contribution in [0, 0.1) is 6.92 Å². The summed E-state index contributed by atoms with van der Waals surface area (Å²) in [5.74, 6) is 0. The lowest BCUT2D eigenvalue weighted by Gasteiger charge is -2.11. The van der Waals surface area contributed by atoms with E-state index in [4.69, 9.17) is 5.73 Å². The maximum atomic E-state index is 5.90. The molecule has 0 atom stereocenters. The summed E-state index contributed by atoms with van der Waals surface area (Å²) in [6.07, 6.45) is 6.28. The predicted molar refractivity (Wildman–Crippen MR) is 124 cm³/mol. The molecule has 3 heteroatoms. The van der Waals surface area contributed by atoms with Crippen molar-refractivity contribution in [2.45, 2.75) is 11.8 Å².